The molecule has 0 aliphatic carbocycles. The minimum atomic E-state index is 0.530. The molecular weight excluding hydrogens is 1260 g/mol. The van der Waals surface area contributed by atoms with Gasteiger partial charge >= 0.3 is 50.5 Å². The van der Waals surface area contributed by atoms with Crippen LogP contribution in [0.25, 0.3) is 44.5 Å². The molecule has 0 fully saturated rings. The van der Waals surface area contributed by atoms with Crippen molar-refractivity contribution in [2.45, 2.75) is 111 Å². The van der Waals surface area contributed by atoms with Crippen LogP contribution in [0.3, 0.4) is 0 Å². The first-order valence-corrected chi connectivity index (χ1v) is 39.6. The van der Waals surface area contributed by atoms with Crippen LogP contribution in [0.4, 0.5) is 0 Å². The van der Waals surface area contributed by atoms with Crippen LogP contribution < -0.4 is 13.3 Å². The van der Waals surface area contributed by atoms with Gasteiger partial charge in [-0.25, -0.2) is 0 Å². The van der Waals surface area contributed by atoms with Crippen LogP contribution in [0.1, 0.15) is 111 Å². The average molecular weight is 1340 g/mol. The zero-order valence-electron chi connectivity index (χ0n) is 38.1. The maximum absolute atomic E-state index is 2.39. The van der Waals surface area contributed by atoms with Crippen molar-refractivity contribution >= 4 is 74.5 Å². The standard InChI is InChI=1S/2C18H14.8C2H6.I3.I2/c2*1-3-7-15(8-4-1)17-11-13-18(14-12-17)16-9-5-2-6-10-16;8*1-2;1-3-2;1-2/h2*1-14H;8*1-2H3;;/q;;;;;;;;;;-1;. The van der Waals surface area contributed by atoms with Gasteiger partial charge < -0.3 is 0 Å². The summed E-state index contributed by atoms with van der Waals surface area (Å²) in [4.78, 5) is 0. The van der Waals surface area contributed by atoms with Gasteiger partial charge in [0.25, 0.3) is 0 Å². The Labute approximate surface area is 407 Å². The van der Waals surface area contributed by atoms with E-state index in [0.717, 1.165) is 0 Å². The quantitative estimate of drug-likeness (QED) is 0.154. The zero-order chi connectivity index (χ0) is 45.1. The minimum Gasteiger partial charge on any atom is -0.0622 e. The van der Waals surface area contributed by atoms with Crippen molar-refractivity contribution in [1.82, 2.24) is 0 Å². The molecule has 6 rings (SSSR count). The third-order valence-corrected chi connectivity index (χ3v) is 6.20. The summed E-state index contributed by atoms with van der Waals surface area (Å²) in [7, 11) is 0. The Morgan fingerprint density at radius 1 is 0.211 bits per heavy atom. The molecule has 0 heterocycles. The molecule has 0 radical (unpaired) electrons. The molecule has 57 heavy (non-hydrogen) atoms. The van der Waals surface area contributed by atoms with E-state index in [1.54, 1.807) is 0 Å². The van der Waals surface area contributed by atoms with Gasteiger partial charge in [0.2, 0.25) is 0 Å². The predicted octanol–water partition coefficient (Wildman–Crippen LogP) is 18.8. The second-order valence-electron chi connectivity index (χ2n) is 8.67. The summed E-state index contributed by atoms with van der Waals surface area (Å²) in [5, 5.41) is 0. The molecule has 0 atom stereocenters. The van der Waals surface area contributed by atoms with E-state index in [0.29, 0.717) is 13.3 Å². The summed E-state index contributed by atoms with van der Waals surface area (Å²) in [5.41, 5.74) is 10.1. The van der Waals surface area contributed by atoms with Crippen LogP contribution in [-0.2, 0) is 0 Å². The molecule has 0 amide bonds. The Morgan fingerprint density at radius 3 is 0.404 bits per heavy atom. The molecule has 6 aromatic rings. The van der Waals surface area contributed by atoms with Gasteiger partial charge in [-0.3, -0.25) is 0 Å². The Kier molecular flexibility index (Phi) is 70.4. The number of hydrogen-bond donors (Lipinski definition) is 0. The molecule has 0 aromatic heterocycles. The average Bonchev–Trinajstić information content (AvgIpc) is 3.36. The summed E-state index contributed by atoms with van der Waals surface area (Å²) >= 11 is 9.54. The van der Waals surface area contributed by atoms with Crippen molar-refractivity contribution in [2.24, 2.45) is 0 Å². The summed E-state index contributed by atoms with van der Waals surface area (Å²) < 4.78 is 0. The molecular formula is C52H76I5-. The van der Waals surface area contributed by atoms with Crippen LogP contribution in [-0.4, -0.2) is 0 Å². The molecule has 0 N–H and O–H groups in total. The van der Waals surface area contributed by atoms with Crippen LogP contribution in [0, 0.1) is 0 Å². The molecule has 5 heteroatoms. The van der Waals surface area contributed by atoms with Gasteiger partial charge in [-0.2, -0.15) is 0 Å². The summed E-state index contributed by atoms with van der Waals surface area (Å²) in [6.45, 7) is 32.0. The third kappa shape index (κ3) is 34.4. The van der Waals surface area contributed by atoms with Crippen LogP contribution in [0.2, 0.25) is 0 Å². The van der Waals surface area contributed by atoms with Gasteiger partial charge in [0.05, 0.1) is 0 Å². The van der Waals surface area contributed by atoms with Crippen LogP contribution in [0.15, 0.2) is 170 Å². The molecule has 0 aliphatic rings. The van der Waals surface area contributed by atoms with Gasteiger partial charge in [0.1, 0.15) is 0 Å². The van der Waals surface area contributed by atoms with Crippen molar-refractivity contribution in [2.75, 3.05) is 0 Å². The van der Waals surface area contributed by atoms with E-state index in [1.165, 1.54) is 44.5 Å². The van der Waals surface area contributed by atoms with E-state index in [1.807, 2.05) is 135 Å². The molecule has 0 spiro atoms. The first-order chi connectivity index (χ1) is 28.3. The van der Waals surface area contributed by atoms with Crippen molar-refractivity contribution in [3.63, 3.8) is 0 Å². The number of benzene rings is 6. The summed E-state index contributed by atoms with van der Waals surface area (Å²) in [6, 6.07) is 59.3. The molecule has 6 aromatic carbocycles. The molecule has 0 unspecified atom stereocenters. The van der Waals surface area contributed by atoms with Crippen molar-refractivity contribution in [3.05, 3.63) is 170 Å². The largest absolute Gasteiger partial charge is 0.0622 e. The van der Waals surface area contributed by atoms with Gasteiger partial charge in [-0.15, -0.1) is 0 Å². The second-order valence-corrected chi connectivity index (χ2v) is 24.9. The van der Waals surface area contributed by atoms with Crippen molar-refractivity contribution in [1.29, 1.82) is 0 Å². The summed E-state index contributed by atoms with van der Waals surface area (Å²) in [5.74, 6) is 0. The van der Waals surface area contributed by atoms with Crippen molar-refractivity contribution in [3.8, 4) is 44.5 Å². The zero-order valence-corrected chi connectivity index (χ0v) is 48.8. The fraction of sp³-hybridized carbons (Fsp3) is 0.308. The van der Waals surface area contributed by atoms with E-state index < -0.39 is 0 Å². The molecule has 0 nitrogen and oxygen atoms in total. The van der Waals surface area contributed by atoms with E-state index in [9.17, 15) is 0 Å². The second kappa shape index (κ2) is 59.3. The van der Waals surface area contributed by atoms with Gasteiger partial charge in [-0.05, 0) is 44.5 Å². The first kappa shape index (κ1) is 67.7. The Morgan fingerprint density at radius 2 is 0.298 bits per heavy atom. The van der Waals surface area contributed by atoms with E-state index in [-0.39, 0.29) is 0 Å². The van der Waals surface area contributed by atoms with Crippen LogP contribution in [0.5, 0.6) is 0 Å². The monoisotopic (exact) mass is 1340 g/mol. The Balaban J connectivity index is -0.000000156. The smallest absolute Gasteiger partial charge is 0.0184 e. The third-order valence-electron chi connectivity index (χ3n) is 6.20. The maximum atomic E-state index is 2.39. The van der Waals surface area contributed by atoms with Gasteiger partial charge in [0, 0.05) is 37.2 Å². The number of halogens is 5. The van der Waals surface area contributed by atoms with E-state index in [4.69, 9.17) is 0 Å². The van der Waals surface area contributed by atoms with Crippen molar-refractivity contribution < 1.29 is 13.3 Å². The fourth-order valence-electron chi connectivity index (χ4n) is 4.23. The van der Waals surface area contributed by atoms with Gasteiger partial charge in [-0.1, -0.05) is 281 Å². The number of hydrogen-bond acceptors (Lipinski definition) is 0. The Bertz CT molecular complexity index is 1260. The topological polar surface area (TPSA) is 0 Å². The number of rotatable bonds is 4. The van der Waals surface area contributed by atoms with Crippen LogP contribution >= 0.6 is 74.5 Å². The molecule has 0 aliphatic heterocycles. The normalized spacial score (nSPS) is 7.79. The first-order valence-electron chi connectivity index (χ1n) is 20.7. The molecule has 320 valence electrons. The maximum Gasteiger partial charge on any atom is -0.0184 e. The molecule has 0 saturated carbocycles. The minimum absolute atomic E-state index is 0.530. The van der Waals surface area contributed by atoms with Gasteiger partial charge in [0.15, 0.2) is 0 Å². The predicted molar refractivity (Wildman–Crippen MR) is 301 cm³/mol. The molecule has 0 saturated heterocycles. The molecule has 0 bridgehead atoms. The summed E-state index contributed by atoms with van der Waals surface area (Å²) in [6.07, 6.45) is 0. The fourth-order valence-corrected chi connectivity index (χ4v) is 4.23. The Hall–Kier alpha value is -1.03. The SMILES string of the molecule is CC.CC.CC.CC.CC.CC.CC.CC.II.I[I-]I.c1ccc(-c2ccc(-c3ccccc3)cc2)cc1.c1ccc(-c2ccc(-c3ccccc3)cc2)cc1. The van der Waals surface area contributed by atoms with E-state index in [2.05, 4.69) is 220 Å². The van der Waals surface area contributed by atoms with E-state index >= 15 is 0 Å².